The smallest absolute Gasteiger partial charge is 0.336 e. The Hall–Kier alpha value is -0.540. The number of halogens is 2. The normalized spacial score (nSPS) is 10.1. The van der Waals surface area contributed by atoms with E-state index in [9.17, 15) is 4.79 Å². The summed E-state index contributed by atoms with van der Waals surface area (Å²) >= 11 is 9.07. The first-order valence-electron chi connectivity index (χ1n) is 3.65. The quantitative estimate of drug-likeness (QED) is 0.832. The second kappa shape index (κ2) is 4.11. The van der Waals surface area contributed by atoms with Crippen molar-refractivity contribution in [2.45, 2.75) is 12.3 Å². The summed E-state index contributed by atoms with van der Waals surface area (Å²) in [5, 5.41) is 9.86. The Balaban J connectivity index is 3.43. The third-order valence-corrected chi connectivity index (χ3v) is 2.73. The zero-order chi connectivity index (χ0) is 10.0. The van der Waals surface area contributed by atoms with Crippen LogP contribution in [0.25, 0.3) is 0 Å². The minimum Gasteiger partial charge on any atom is -0.478 e. The van der Waals surface area contributed by atoms with E-state index in [0.29, 0.717) is 21.5 Å². The Morgan fingerprint density at radius 3 is 2.62 bits per heavy atom. The van der Waals surface area contributed by atoms with Crippen molar-refractivity contribution in [3.05, 3.63) is 33.8 Å². The van der Waals surface area contributed by atoms with E-state index in [2.05, 4.69) is 15.9 Å². The van der Waals surface area contributed by atoms with E-state index in [4.69, 9.17) is 16.7 Å². The number of carbonyl (C=O) groups is 1. The van der Waals surface area contributed by atoms with Gasteiger partial charge in [-0.3, -0.25) is 0 Å². The van der Waals surface area contributed by atoms with E-state index in [0.717, 1.165) is 5.56 Å². The van der Waals surface area contributed by atoms with Crippen LogP contribution >= 0.6 is 27.5 Å². The average Bonchev–Trinajstić information content (AvgIpc) is 2.07. The molecule has 0 atom stereocenters. The van der Waals surface area contributed by atoms with Crippen LogP contribution in [-0.2, 0) is 5.33 Å². The highest BCUT2D eigenvalue weighted by Gasteiger charge is 2.14. The van der Waals surface area contributed by atoms with Crippen molar-refractivity contribution in [2.24, 2.45) is 0 Å². The maximum atomic E-state index is 10.9. The van der Waals surface area contributed by atoms with E-state index < -0.39 is 5.97 Å². The summed E-state index contributed by atoms with van der Waals surface area (Å²) < 4.78 is 0. The van der Waals surface area contributed by atoms with Gasteiger partial charge in [0, 0.05) is 10.4 Å². The van der Waals surface area contributed by atoms with Gasteiger partial charge in [0.25, 0.3) is 0 Å². The van der Waals surface area contributed by atoms with Gasteiger partial charge in [-0.2, -0.15) is 0 Å². The minimum absolute atomic E-state index is 0.296. The molecule has 0 saturated carbocycles. The lowest BCUT2D eigenvalue weighted by atomic mass is 10.0. The molecule has 1 aromatic carbocycles. The van der Waals surface area contributed by atoms with Gasteiger partial charge in [0.05, 0.1) is 5.56 Å². The first kappa shape index (κ1) is 10.5. The second-order valence-electron chi connectivity index (χ2n) is 2.66. The summed E-state index contributed by atoms with van der Waals surface area (Å²) in [5.41, 5.74) is 1.66. The van der Waals surface area contributed by atoms with Crippen molar-refractivity contribution in [1.29, 1.82) is 0 Å². The lowest BCUT2D eigenvalue weighted by Crippen LogP contribution is -2.04. The average molecular weight is 264 g/mol. The Kier molecular flexibility index (Phi) is 3.33. The highest BCUT2D eigenvalue weighted by Crippen LogP contribution is 2.25. The molecule has 0 aliphatic carbocycles. The van der Waals surface area contributed by atoms with Crippen molar-refractivity contribution in [1.82, 2.24) is 0 Å². The van der Waals surface area contributed by atoms with Crippen molar-refractivity contribution in [2.75, 3.05) is 0 Å². The largest absolute Gasteiger partial charge is 0.478 e. The number of benzene rings is 1. The number of carboxylic acid groups (broad SMARTS) is 1. The SMILES string of the molecule is Cc1ccc(Cl)c(CBr)c1C(=O)O. The standard InChI is InChI=1S/C9H8BrClO2/c1-5-2-3-7(11)6(4-10)8(5)9(12)13/h2-3H,4H2,1H3,(H,12,13). The van der Waals surface area contributed by atoms with E-state index in [1.807, 2.05) is 0 Å². The Morgan fingerprint density at radius 2 is 2.23 bits per heavy atom. The van der Waals surface area contributed by atoms with Gasteiger partial charge in [0.2, 0.25) is 0 Å². The monoisotopic (exact) mass is 262 g/mol. The van der Waals surface area contributed by atoms with Gasteiger partial charge in [0.15, 0.2) is 0 Å². The van der Waals surface area contributed by atoms with Gasteiger partial charge in [-0.1, -0.05) is 33.6 Å². The van der Waals surface area contributed by atoms with Crippen molar-refractivity contribution >= 4 is 33.5 Å². The van der Waals surface area contributed by atoms with Crippen molar-refractivity contribution in [3.63, 3.8) is 0 Å². The van der Waals surface area contributed by atoms with Crippen molar-refractivity contribution < 1.29 is 9.90 Å². The van der Waals surface area contributed by atoms with Crippen LogP contribution in [-0.4, -0.2) is 11.1 Å². The molecule has 2 nitrogen and oxygen atoms in total. The second-order valence-corrected chi connectivity index (χ2v) is 3.62. The maximum absolute atomic E-state index is 10.9. The van der Waals surface area contributed by atoms with Crippen LogP contribution in [0.3, 0.4) is 0 Å². The number of carboxylic acids is 1. The maximum Gasteiger partial charge on any atom is 0.336 e. The molecule has 0 aliphatic rings. The molecule has 0 fully saturated rings. The molecule has 1 rings (SSSR count). The molecule has 1 N–H and O–H groups in total. The van der Waals surface area contributed by atoms with Crippen LogP contribution in [0.4, 0.5) is 0 Å². The van der Waals surface area contributed by atoms with Crippen LogP contribution in [0.15, 0.2) is 12.1 Å². The lowest BCUT2D eigenvalue weighted by molar-refractivity contribution is 0.0695. The molecule has 0 heterocycles. The first-order chi connectivity index (χ1) is 6.07. The summed E-state index contributed by atoms with van der Waals surface area (Å²) in [6.07, 6.45) is 0. The minimum atomic E-state index is -0.936. The van der Waals surface area contributed by atoms with E-state index in [-0.39, 0.29) is 0 Å². The Labute approximate surface area is 89.7 Å². The molecule has 0 bridgehead atoms. The molecule has 0 aliphatic heterocycles. The van der Waals surface area contributed by atoms with Crippen LogP contribution in [0.5, 0.6) is 0 Å². The van der Waals surface area contributed by atoms with E-state index in [1.54, 1.807) is 19.1 Å². The number of hydrogen-bond acceptors (Lipinski definition) is 1. The zero-order valence-corrected chi connectivity index (χ0v) is 9.32. The van der Waals surface area contributed by atoms with Gasteiger partial charge in [-0.15, -0.1) is 0 Å². The fourth-order valence-electron chi connectivity index (χ4n) is 1.17. The highest BCUT2D eigenvalue weighted by atomic mass is 79.9. The van der Waals surface area contributed by atoms with Gasteiger partial charge in [-0.05, 0) is 24.1 Å². The van der Waals surface area contributed by atoms with Gasteiger partial charge in [-0.25, -0.2) is 4.79 Å². The molecule has 0 unspecified atom stereocenters. The molecule has 0 amide bonds. The third kappa shape index (κ3) is 2.03. The van der Waals surface area contributed by atoms with E-state index >= 15 is 0 Å². The molecule has 1 aromatic rings. The van der Waals surface area contributed by atoms with Crippen LogP contribution in [0.2, 0.25) is 5.02 Å². The van der Waals surface area contributed by atoms with Crippen molar-refractivity contribution in [3.8, 4) is 0 Å². The molecule has 70 valence electrons. The number of hydrogen-bond donors (Lipinski definition) is 1. The number of rotatable bonds is 2. The highest BCUT2D eigenvalue weighted by molar-refractivity contribution is 9.08. The van der Waals surface area contributed by atoms with Gasteiger partial charge in [0.1, 0.15) is 0 Å². The molecule has 0 aromatic heterocycles. The lowest BCUT2D eigenvalue weighted by Gasteiger charge is -2.07. The zero-order valence-electron chi connectivity index (χ0n) is 6.97. The fourth-order valence-corrected chi connectivity index (χ4v) is 2.14. The summed E-state index contributed by atoms with van der Waals surface area (Å²) in [6, 6.07) is 3.41. The molecule has 4 heteroatoms. The summed E-state index contributed by atoms with van der Waals surface area (Å²) in [6.45, 7) is 1.76. The summed E-state index contributed by atoms with van der Waals surface area (Å²) in [5.74, 6) is -0.936. The molecule has 0 radical (unpaired) electrons. The predicted octanol–water partition coefficient (Wildman–Crippen LogP) is 3.24. The Morgan fingerprint density at radius 1 is 1.62 bits per heavy atom. The fraction of sp³-hybridized carbons (Fsp3) is 0.222. The molecular weight excluding hydrogens is 255 g/mol. The number of aryl methyl sites for hydroxylation is 1. The number of alkyl halides is 1. The first-order valence-corrected chi connectivity index (χ1v) is 5.15. The molecular formula is C9H8BrClO2. The molecule has 13 heavy (non-hydrogen) atoms. The van der Waals surface area contributed by atoms with Crippen LogP contribution < -0.4 is 0 Å². The summed E-state index contributed by atoms with van der Waals surface area (Å²) in [4.78, 5) is 10.9. The summed E-state index contributed by atoms with van der Waals surface area (Å²) in [7, 11) is 0. The van der Waals surface area contributed by atoms with Gasteiger partial charge < -0.3 is 5.11 Å². The van der Waals surface area contributed by atoms with Crippen LogP contribution in [0, 0.1) is 6.92 Å². The number of aromatic carboxylic acids is 1. The van der Waals surface area contributed by atoms with Crippen LogP contribution in [0.1, 0.15) is 21.5 Å². The molecule has 0 spiro atoms. The molecule has 0 saturated heterocycles. The topological polar surface area (TPSA) is 37.3 Å². The van der Waals surface area contributed by atoms with Gasteiger partial charge >= 0.3 is 5.97 Å². The van der Waals surface area contributed by atoms with E-state index in [1.165, 1.54) is 0 Å². The third-order valence-electron chi connectivity index (χ3n) is 1.81. The Bertz CT molecular complexity index is 350. The predicted molar refractivity (Wildman–Crippen MR) is 55.8 cm³/mol.